The van der Waals surface area contributed by atoms with Crippen LogP contribution in [-0.4, -0.2) is 37.7 Å². The first kappa shape index (κ1) is 22.6. The molecule has 0 spiro atoms. The number of hydrogen-bond donors (Lipinski definition) is 2. The highest BCUT2D eigenvalue weighted by molar-refractivity contribution is 7.99. The van der Waals surface area contributed by atoms with Gasteiger partial charge in [-0.05, 0) is 61.0 Å². The number of hydrazone groups is 1. The number of hydrogen-bond acceptors (Lipinski definition) is 6. The van der Waals surface area contributed by atoms with Crippen molar-refractivity contribution in [3.05, 3.63) is 88.9 Å². The van der Waals surface area contributed by atoms with E-state index in [1.807, 2.05) is 47.9 Å². The molecule has 7 nitrogen and oxygen atoms in total. The van der Waals surface area contributed by atoms with Crippen LogP contribution in [0.4, 0.5) is 0 Å². The number of phenolic OH excluding ortho intramolecular Hbond substituents is 1. The van der Waals surface area contributed by atoms with E-state index in [4.69, 9.17) is 11.6 Å². The molecule has 0 atom stereocenters. The zero-order valence-electron chi connectivity index (χ0n) is 17.6. The molecule has 0 aliphatic rings. The van der Waals surface area contributed by atoms with E-state index >= 15 is 0 Å². The van der Waals surface area contributed by atoms with E-state index in [-0.39, 0.29) is 17.4 Å². The number of aryl methyl sites for hydroxylation is 1. The topological polar surface area (TPSA) is 92.4 Å². The second-order valence-corrected chi connectivity index (χ2v) is 8.54. The normalized spacial score (nSPS) is 11.1. The minimum Gasteiger partial charge on any atom is -0.508 e. The molecule has 0 unspecified atom stereocenters. The quantitative estimate of drug-likeness (QED) is 0.225. The van der Waals surface area contributed by atoms with Crippen LogP contribution in [0.2, 0.25) is 5.02 Å². The molecule has 0 radical (unpaired) electrons. The number of carbonyl (C=O) groups excluding carboxylic acids is 1. The van der Waals surface area contributed by atoms with E-state index in [9.17, 15) is 9.90 Å². The molecular formula is C24H20ClN5O2S. The van der Waals surface area contributed by atoms with Crippen LogP contribution < -0.4 is 5.43 Å². The molecule has 1 heterocycles. The summed E-state index contributed by atoms with van der Waals surface area (Å²) in [5, 5.41) is 23.2. The van der Waals surface area contributed by atoms with Crippen LogP contribution in [0.15, 0.2) is 83.1 Å². The van der Waals surface area contributed by atoms with Gasteiger partial charge in [-0.3, -0.25) is 9.36 Å². The fourth-order valence-electron chi connectivity index (χ4n) is 2.98. The summed E-state index contributed by atoms with van der Waals surface area (Å²) in [6.45, 7) is 2.03. The van der Waals surface area contributed by atoms with Gasteiger partial charge in [0.25, 0.3) is 5.91 Å². The highest BCUT2D eigenvalue weighted by Crippen LogP contribution is 2.28. The van der Waals surface area contributed by atoms with Crippen LogP contribution in [-0.2, 0) is 4.79 Å². The molecule has 33 heavy (non-hydrogen) atoms. The van der Waals surface area contributed by atoms with Crippen molar-refractivity contribution in [1.82, 2.24) is 20.2 Å². The lowest BCUT2D eigenvalue weighted by Crippen LogP contribution is -2.20. The van der Waals surface area contributed by atoms with E-state index < -0.39 is 0 Å². The molecule has 0 saturated carbocycles. The van der Waals surface area contributed by atoms with Crippen molar-refractivity contribution in [2.24, 2.45) is 5.10 Å². The Labute approximate surface area is 200 Å². The molecular weight excluding hydrogens is 458 g/mol. The number of aromatic nitrogens is 3. The number of nitrogens with one attached hydrogen (secondary N) is 1. The van der Waals surface area contributed by atoms with Crippen molar-refractivity contribution >= 4 is 35.5 Å². The number of phenols is 1. The van der Waals surface area contributed by atoms with E-state index in [1.165, 1.54) is 18.0 Å². The first-order valence-corrected chi connectivity index (χ1v) is 11.4. The van der Waals surface area contributed by atoms with Crippen molar-refractivity contribution in [2.45, 2.75) is 12.1 Å². The SMILES string of the molecule is Cc1ccc(-c2nnc(SCC(=O)N/N=C/c3ccc(O)cc3)n2-c2ccc(Cl)cc2)cc1. The highest BCUT2D eigenvalue weighted by atomic mass is 35.5. The number of nitrogens with zero attached hydrogens (tertiary/aromatic N) is 4. The van der Waals surface area contributed by atoms with E-state index in [0.29, 0.717) is 16.0 Å². The van der Waals surface area contributed by atoms with E-state index in [2.05, 4.69) is 20.7 Å². The predicted molar refractivity (Wildman–Crippen MR) is 131 cm³/mol. The fourth-order valence-corrected chi connectivity index (χ4v) is 3.85. The molecule has 0 fully saturated rings. The largest absolute Gasteiger partial charge is 0.508 e. The molecule has 1 aromatic heterocycles. The minimum atomic E-state index is -0.280. The lowest BCUT2D eigenvalue weighted by atomic mass is 10.1. The summed E-state index contributed by atoms with van der Waals surface area (Å²) in [5.41, 5.74) is 6.16. The van der Waals surface area contributed by atoms with Gasteiger partial charge in [0.05, 0.1) is 12.0 Å². The number of halogens is 1. The van der Waals surface area contributed by atoms with Crippen molar-refractivity contribution in [2.75, 3.05) is 5.75 Å². The molecule has 2 N–H and O–H groups in total. The first-order chi connectivity index (χ1) is 16.0. The Kier molecular flexibility index (Phi) is 7.07. The highest BCUT2D eigenvalue weighted by Gasteiger charge is 2.17. The fraction of sp³-hybridized carbons (Fsp3) is 0.0833. The zero-order chi connectivity index (χ0) is 23.2. The number of rotatable bonds is 7. The summed E-state index contributed by atoms with van der Waals surface area (Å²) in [6, 6.07) is 21.9. The molecule has 4 aromatic rings. The summed E-state index contributed by atoms with van der Waals surface area (Å²) in [5.74, 6) is 0.664. The maximum absolute atomic E-state index is 12.3. The number of aromatic hydroxyl groups is 1. The van der Waals surface area contributed by atoms with Crippen LogP contribution in [0.25, 0.3) is 17.1 Å². The van der Waals surface area contributed by atoms with Gasteiger partial charge >= 0.3 is 0 Å². The Bertz CT molecular complexity index is 1270. The second-order valence-electron chi connectivity index (χ2n) is 7.16. The van der Waals surface area contributed by atoms with Crippen LogP contribution >= 0.6 is 23.4 Å². The Balaban J connectivity index is 1.51. The lowest BCUT2D eigenvalue weighted by molar-refractivity contribution is -0.118. The molecule has 0 aliphatic heterocycles. The maximum Gasteiger partial charge on any atom is 0.250 e. The van der Waals surface area contributed by atoms with Gasteiger partial charge in [-0.1, -0.05) is 53.2 Å². The third-order valence-electron chi connectivity index (χ3n) is 4.66. The third kappa shape index (κ3) is 5.79. The standard InChI is InChI=1S/C24H20ClN5O2S/c1-16-2-6-18(7-3-16)23-28-29-24(30(23)20-10-8-19(25)9-11-20)33-15-22(32)27-26-14-17-4-12-21(31)13-5-17/h2-14,31H,15H2,1H3,(H,27,32)/b26-14+. The Morgan fingerprint density at radius 3 is 2.45 bits per heavy atom. The van der Waals surface area contributed by atoms with Crippen LogP contribution in [0.1, 0.15) is 11.1 Å². The monoisotopic (exact) mass is 477 g/mol. The number of amides is 1. The Morgan fingerprint density at radius 2 is 1.76 bits per heavy atom. The minimum absolute atomic E-state index is 0.104. The van der Waals surface area contributed by atoms with Gasteiger partial charge < -0.3 is 5.11 Å². The van der Waals surface area contributed by atoms with Gasteiger partial charge in [0.15, 0.2) is 11.0 Å². The van der Waals surface area contributed by atoms with Crippen molar-refractivity contribution < 1.29 is 9.90 Å². The molecule has 0 bridgehead atoms. The smallest absolute Gasteiger partial charge is 0.250 e. The van der Waals surface area contributed by atoms with Crippen molar-refractivity contribution in [1.29, 1.82) is 0 Å². The molecule has 3 aromatic carbocycles. The zero-order valence-corrected chi connectivity index (χ0v) is 19.2. The van der Waals surface area contributed by atoms with Crippen molar-refractivity contribution in [3.8, 4) is 22.8 Å². The number of benzene rings is 3. The summed E-state index contributed by atoms with van der Waals surface area (Å²) < 4.78 is 1.90. The first-order valence-electron chi connectivity index (χ1n) is 10.0. The second kappa shape index (κ2) is 10.3. The number of thioether (sulfide) groups is 1. The van der Waals surface area contributed by atoms with Gasteiger partial charge in [0.1, 0.15) is 5.75 Å². The predicted octanol–water partition coefficient (Wildman–Crippen LogP) is 4.84. The summed E-state index contributed by atoms with van der Waals surface area (Å²) >= 11 is 7.32. The third-order valence-corrected chi connectivity index (χ3v) is 5.84. The van der Waals surface area contributed by atoms with Gasteiger partial charge in [-0.25, -0.2) is 5.43 Å². The van der Waals surface area contributed by atoms with Crippen molar-refractivity contribution in [3.63, 3.8) is 0 Å². The van der Waals surface area contributed by atoms with Gasteiger partial charge in [0.2, 0.25) is 0 Å². The van der Waals surface area contributed by atoms with Crippen LogP contribution in [0.5, 0.6) is 5.75 Å². The average Bonchev–Trinajstić information content (AvgIpc) is 3.24. The Morgan fingerprint density at radius 1 is 1.06 bits per heavy atom. The molecule has 9 heteroatoms. The summed E-state index contributed by atoms with van der Waals surface area (Å²) in [6.07, 6.45) is 1.51. The summed E-state index contributed by atoms with van der Waals surface area (Å²) in [7, 11) is 0. The Hall–Kier alpha value is -3.62. The van der Waals surface area contributed by atoms with Gasteiger partial charge in [-0.15, -0.1) is 10.2 Å². The van der Waals surface area contributed by atoms with Gasteiger partial charge in [-0.2, -0.15) is 5.10 Å². The lowest BCUT2D eigenvalue weighted by Gasteiger charge is -2.10. The van der Waals surface area contributed by atoms with Crippen LogP contribution in [0.3, 0.4) is 0 Å². The van der Waals surface area contributed by atoms with Gasteiger partial charge in [0, 0.05) is 16.3 Å². The molecule has 0 saturated heterocycles. The average molecular weight is 478 g/mol. The maximum atomic E-state index is 12.3. The molecule has 0 aliphatic carbocycles. The number of carbonyl (C=O) groups is 1. The summed E-state index contributed by atoms with van der Waals surface area (Å²) in [4.78, 5) is 12.3. The molecule has 166 valence electrons. The molecule has 4 rings (SSSR count). The van der Waals surface area contributed by atoms with E-state index in [0.717, 1.165) is 22.4 Å². The molecule has 1 amide bonds. The van der Waals surface area contributed by atoms with E-state index in [1.54, 1.807) is 36.4 Å². The van der Waals surface area contributed by atoms with Crippen LogP contribution in [0, 0.1) is 6.92 Å².